The molecule has 1 N–H and O–H groups in total. The van der Waals surface area contributed by atoms with Crippen LogP contribution in [0.25, 0.3) is 0 Å². The molecule has 2 aromatic carbocycles. The van der Waals surface area contributed by atoms with Crippen molar-refractivity contribution in [3.63, 3.8) is 0 Å². The lowest BCUT2D eigenvalue weighted by molar-refractivity contribution is -0.145. The fourth-order valence-electron chi connectivity index (χ4n) is 2.55. The number of benzene rings is 2. The Balaban J connectivity index is 1.70. The third-order valence-corrected chi connectivity index (χ3v) is 5.68. The standard InChI is InChI=1S/C19H19NO6S/c1-12-3-8-16(11-13(12)2)27(23,24)20-15-6-4-14(5-7-15)18(21)26-17-9-10-25-19(17)22/h3-8,11,17,20H,9-10H2,1-2H3/t17-/m1/s1. The summed E-state index contributed by atoms with van der Waals surface area (Å²) in [7, 11) is -3.74. The van der Waals surface area contributed by atoms with Gasteiger partial charge in [-0.1, -0.05) is 6.07 Å². The second-order valence-corrected chi connectivity index (χ2v) is 7.96. The molecule has 1 saturated heterocycles. The summed E-state index contributed by atoms with van der Waals surface area (Å²) >= 11 is 0. The molecule has 0 bridgehead atoms. The van der Waals surface area contributed by atoms with Crippen molar-refractivity contribution in [1.29, 1.82) is 0 Å². The number of sulfonamides is 1. The topological polar surface area (TPSA) is 98.8 Å². The third-order valence-electron chi connectivity index (χ3n) is 4.30. The summed E-state index contributed by atoms with van der Waals surface area (Å²) in [6.07, 6.45) is -0.557. The summed E-state index contributed by atoms with van der Waals surface area (Å²) < 4.78 is 37.3. The highest BCUT2D eigenvalue weighted by atomic mass is 32.2. The number of carbonyl (C=O) groups excluding carboxylic acids is 2. The number of esters is 2. The fourth-order valence-corrected chi connectivity index (χ4v) is 3.69. The number of nitrogens with one attached hydrogen (secondary N) is 1. The highest BCUT2D eigenvalue weighted by Crippen LogP contribution is 2.20. The van der Waals surface area contributed by atoms with E-state index in [1.165, 1.54) is 30.3 Å². The summed E-state index contributed by atoms with van der Waals surface area (Å²) in [4.78, 5) is 23.6. The maximum atomic E-state index is 12.5. The summed E-state index contributed by atoms with van der Waals surface area (Å²) in [5.41, 5.74) is 2.40. The van der Waals surface area contributed by atoms with E-state index < -0.39 is 28.1 Å². The normalized spacial score (nSPS) is 16.7. The average Bonchev–Trinajstić information content (AvgIpc) is 3.02. The molecule has 8 heteroatoms. The van der Waals surface area contributed by atoms with E-state index in [9.17, 15) is 18.0 Å². The molecule has 0 unspecified atom stereocenters. The lowest BCUT2D eigenvalue weighted by atomic mass is 10.1. The number of carbonyl (C=O) groups is 2. The molecule has 0 aromatic heterocycles. The molecule has 142 valence electrons. The van der Waals surface area contributed by atoms with Crippen molar-refractivity contribution in [2.24, 2.45) is 0 Å². The molecule has 7 nitrogen and oxygen atoms in total. The molecule has 1 aliphatic rings. The Morgan fingerprint density at radius 1 is 1.11 bits per heavy atom. The van der Waals surface area contributed by atoms with E-state index in [1.807, 2.05) is 13.8 Å². The smallest absolute Gasteiger partial charge is 0.347 e. The SMILES string of the molecule is Cc1ccc(S(=O)(=O)Nc2ccc(C(=O)O[C@@H]3CCOC3=O)cc2)cc1C. The Labute approximate surface area is 157 Å². The van der Waals surface area contributed by atoms with Gasteiger partial charge >= 0.3 is 11.9 Å². The molecule has 1 fully saturated rings. The number of aryl methyl sites for hydroxylation is 2. The van der Waals surface area contributed by atoms with E-state index in [0.717, 1.165) is 11.1 Å². The summed E-state index contributed by atoms with van der Waals surface area (Å²) in [6.45, 7) is 3.98. The first-order valence-corrected chi connectivity index (χ1v) is 9.82. The van der Waals surface area contributed by atoms with Gasteiger partial charge in [0.2, 0.25) is 6.10 Å². The second-order valence-electron chi connectivity index (χ2n) is 6.28. The highest BCUT2D eigenvalue weighted by molar-refractivity contribution is 7.92. The minimum atomic E-state index is -3.74. The average molecular weight is 389 g/mol. The van der Waals surface area contributed by atoms with Crippen molar-refractivity contribution in [2.75, 3.05) is 11.3 Å². The van der Waals surface area contributed by atoms with Crippen LogP contribution in [0, 0.1) is 13.8 Å². The summed E-state index contributed by atoms with van der Waals surface area (Å²) in [5, 5.41) is 0. The first kappa shape index (κ1) is 18.9. The van der Waals surface area contributed by atoms with Gasteiger partial charge in [0.15, 0.2) is 0 Å². The minimum absolute atomic E-state index is 0.161. The zero-order valence-corrected chi connectivity index (χ0v) is 15.7. The van der Waals surface area contributed by atoms with E-state index in [0.29, 0.717) is 12.1 Å². The zero-order chi connectivity index (χ0) is 19.6. The van der Waals surface area contributed by atoms with Crippen LogP contribution in [0.4, 0.5) is 5.69 Å². The molecule has 3 rings (SSSR count). The van der Waals surface area contributed by atoms with Gasteiger partial charge in [0.25, 0.3) is 10.0 Å². The van der Waals surface area contributed by atoms with Crippen LogP contribution in [0.15, 0.2) is 47.4 Å². The van der Waals surface area contributed by atoms with Crippen LogP contribution in [0.1, 0.15) is 27.9 Å². The molecule has 1 aliphatic heterocycles. The molecular weight excluding hydrogens is 370 g/mol. The Morgan fingerprint density at radius 2 is 1.81 bits per heavy atom. The van der Waals surface area contributed by atoms with Crippen LogP contribution >= 0.6 is 0 Å². The van der Waals surface area contributed by atoms with Crippen molar-refractivity contribution in [1.82, 2.24) is 0 Å². The lowest BCUT2D eigenvalue weighted by Gasteiger charge is -2.11. The Kier molecular flexibility index (Phi) is 5.18. The van der Waals surface area contributed by atoms with Crippen LogP contribution in [-0.4, -0.2) is 33.1 Å². The van der Waals surface area contributed by atoms with Gasteiger partial charge < -0.3 is 9.47 Å². The number of hydrogen-bond acceptors (Lipinski definition) is 6. The highest BCUT2D eigenvalue weighted by Gasteiger charge is 2.30. The Bertz CT molecular complexity index is 982. The van der Waals surface area contributed by atoms with E-state index in [1.54, 1.807) is 12.1 Å². The van der Waals surface area contributed by atoms with Gasteiger partial charge in [-0.25, -0.2) is 18.0 Å². The molecule has 1 heterocycles. The quantitative estimate of drug-likeness (QED) is 0.789. The molecular formula is C19H19NO6S. The Hall–Kier alpha value is -2.87. The van der Waals surface area contributed by atoms with Gasteiger partial charge in [-0.05, 0) is 61.4 Å². The van der Waals surface area contributed by atoms with Crippen molar-refractivity contribution >= 4 is 27.6 Å². The molecule has 27 heavy (non-hydrogen) atoms. The predicted molar refractivity (Wildman–Crippen MR) is 97.9 cm³/mol. The number of rotatable bonds is 5. The molecule has 1 atom stereocenters. The van der Waals surface area contributed by atoms with Gasteiger partial charge in [-0.15, -0.1) is 0 Å². The van der Waals surface area contributed by atoms with Crippen molar-refractivity contribution in [3.05, 3.63) is 59.2 Å². The number of cyclic esters (lactones) is 1. The zero-order valence-electron chi connectivity index (χ0n) is 14.9. The van der Waals surface area contributed by atoms with E-state index in [4.69, 9.17) is 9.47 Å². The van der Waals surface area contributed by atoms with Crippen LogP contribution in [0.3, 0.4) is 0 Å². The van der Waals surface area contributed by atoms with Crippen LogP contribution in [0.5, 0.6) is 0 Å². The van der Waals surface area contributed by atoms with Crippen LogP contribution in [-0.2, 0) is 24.3 Å². The largest absolute Gasteiger partial charge is 0.463 e. The molecule has 0 amide bonds. The van der Waals surface area contributed by atoms with Gasteiger partial charge in [0, 0.05) is 12.1 Å². The molecule has 0 aliphatic carbocycles. The van der Waals surface area contributed by atoms with Crippen molar-refractivity contribution in [2.45, 2.75) is 31.3 Å². The lowest BCUT2D eigenvalue weighted by Crippen LogP contribution is -2.22. The molecule has 2 aromatic rings. The Morgan fingerprint density at radius 3 is 2.41 bits per heavy atom. The van der Waals surface area contributed by atoms with Gasteiger partial charge in [0.05, 0.1) is 17.1 Å². The van der Waals surface area contributed by atoms with Gasteiger partial charge in [-0.3, -0.25) is 4.72 Å². The van der Waals surface area contributed by atoms with E-state index in [2.05, 4.69) is 4.72 Å². The van der Waals surface area contributed by atoms with Gasteiger partial charge in [-0.2, -0.15) is 0 Å². The van der Waals surface area contributed by atoms with Crippen LogP contribution in [0.2, 0.25) is 0 Å². The first-order chi connectivity index (χ1) is 12.8. The summed E-state index contributed by atoms with van der Waals surface area (Å²) in [6, 6.07) is 10.7. The number of hydrogen-bond donors (Lipinski definition) is 1. The fraction of sp³-hybridized carbons (Fsp3) is 0.263. The second kappa shape index (κ2) is 7.40. The van der Waals surface area contributed by atoms with Gasteiger partial charge in [0.1, 0.15) is 0 Å². The van der Waals surface area contributed by atoms with Crippen molar-refractivity contribution in [3.8, 4) is 0 Å². The molecule has 0 spiro atoms. The van der Waals surface area contributed by atoms with E-state index >= 15 is 0 Å². The van der Waals surface area contributed by atoms with Crippen molar-refractivity contribution < 1.29 is 27.5 Å². The maximum absolute atomic E-state index is 12.5. The molecule has 0 radical (unpaired) electrons. The number of anilines is 1. The minimum Gasteiger partial charge on any atom is -0.463 e. The molecule has 0 saturated carbocycles. The first-order valence-electron chi connectivity index (χ1n) is 8.34. The summed E-state index contributed by atoms with van der Waals surface area (Å²) in [5.74, 6) is -1.22. The van der Waals surface area contributed by atoms with Crippen LogP contribution < -0.4 is 4.72 Å². The monoisotopic (exact) mass is 389 g/mol. The van der Waals surface area contributed by atoms with E-state index in [-0.39, 0.29) is 17.1 Å². The predicted octanol–water partition coefficient (Wildman–Crippen LogP) is 2.58. The number of ether oxygens (including phenoxy) is 2. The third kappa shape index (κ3) is 4.28. The maximum Gasteiger partial charge on any atom is 0.347 e.